The predicted molar refractivity (Wildman–Crippen MR) is 113 cm³/mol. The number of hydrogen-bond donors (Lipinski definition) is 0. The summed E-state index contributed by atoms with van der Waals surface area (Å²) in [6.07, 6.45) is 3.74. The van der Waals surface area contributed by atoms with E-state index in [1.54, 1.807) is 0 Å². The Morgan fingerprint density at radius 2 is 1.91 bits per heavy atom. The Labute approximate surface area is 186 Å². The standard InChI is InChI=1S/C24H29F3N4O/c1-13-12-32-6-5-30(13)17-8-18-19(9-17)22(18)31-11-21(29-23(31)15-3-4-15)16-7-20(24(25,26)27)14(2)28-10-16/h7,10-11,13,15,17-19,22H,3-6,8-9,12H2,1-2H3/t13-,17?,18-,19+,22+/m0/s1. The summed E-state index contributed by atoms with van der Waals surface area (Å²) in [6, 6.07) is 2.75. The van der Waals surface area contributed by atoms with Crippen LogP contribution in [0.2, 0.25) is 0 Å². The molecule has 4 fully saturated rings. The molecule has 8 heteroatoms. The Balaban J connectivity index is 1.25. The quantitative estimate of drug-likeness (QED) is 0.676. The van der Waals surface area contributed by atoms with Crippen molar-refractivity contribution < 1.29 is 17.9 Å². The molecule has 6 rings (SSSR count). The zero-order chi connectivity index (χ0) is 22.2. The lowest BCUT2D eigenvalue weighted by atomic mass is 10.1. The van der Waals surface area contributed by atoms with Crippen molar-refractivity contribution in [3.05, 3.63) is 35.5 Å². The maximum Gasteiger partial charge on any atom is 0.418 e. The summed E-state index contributed by atoms with van der Waals surface area (Å²) in [5, 5.41) is 0. The fourth-order valence-corrected chi connectivity index (χ4v) is 6.13. The molecule has 5 nitrogen and oxygen atoms in total. The molecule has 0 N–H and O–H groups in total. The van der Waals surface area contributed by atoms with Gasteiger partial charge in [0.1, 0.15) is 5.82 Å². The molecule has 1 saturated heterocycles. The molecule has 3 heterocycles. The maximum absolute atomic E-state index is 13.4. The number of hydrogen-bond acceptors (Lipinski definition) is 4. The van der Waals surface area contributed by atoms with Crippen LogP contribution in [-0.2, 0) is 10.9 Å². The minimum absolute atomic E-state index is 0.00297. The summed E-state index contributed by atoms with van der Waals surface area (Å²) in [6.45, 7) is 6.30. The molecule has 3 saturated carbocycles. The van der Waals surface area contributed by atoms with Gasteiger partial charge in [-0.25, -0.2) is 4.98 Å². The summed E-state index contributed by atoms with van der Waals surface area (Å²) in [5.74, 6) is 2.80. The van der Waals surface area contributed by atoms with Crippen molar-refractivity contribution >= 4 is 0 Å². The van der Waals surface area contributed by atoms with Gasteiger partial charge in [0.15, 0.2) is 0 Å². The average Bonchev–Trinajstić information content (AvgIpc) is 3.62. The third-order valence-electron chi connectivity index (χ3n) is 7.98. The van der Waals surface area contributed by atoms with Gasteiger partial charge in [-0.1, -0.05) is 0 Å². The summed E-state index contributed by atoms with van der Waals surface area (Å²) in [4.78, 5) is 11.5. The molecular formula is C24H29F3N4O. The Bertz CT molecular complexity index is 1020. The molecule has 4 aliphatic rings. The molecule has 172 valence electrons. The number of pyridine rings is 1. The molecule has 0 bridgehead atoms. The molecular weight excluding hydrogens is 417 g/mol. The Hall–Kier alpha value is -1.93. The topological polar surface area (TPSA) is 43.2 Å². The number of rotatable bonds is 4. The lowest BCUT2D eigenvalue weighted by Crippen LogP contribution is -2.49. The lowest BCUT2D eigenvalue weighted by molar-refractivity contribution is -0.138. The van der Waals surface area contributed by atoms with Crippen LogP contribution in [0.3, 0.4) is 0 Å². The Kier molecular flexibility index (Phi) is 4.70. The van der Waals surface area contributed by atoms with E-state index in [1.807, 2.05) is 6.20 Å². The fourth-order valence-electron chi connectivity index (χ4n) is 6.13. The van der Waals surface area contributed by atoms with Gasteiger partial charge in [-0.2, -0.15) is 13.2 Å². The van der Waals surface area contributed by atoms with E-state index in [2.05, 4.69) is 21.4 Å². The van der Waals surface area contributed by atoms with E-state index in [0.717, 1.165) is 38.4 Å². The van der Waals surface area contributed by atoms with Gasteiger partial charge in [-0.05, 0) is 57.4 Å². The predicted octanol–water partition coefficient (Wildman–Crippen LogP) is 4.82. The van der Waals surface area contributed by atoms with Gasteiger partial charge >= 0.3 is 6.18 Å². The smallest absolute Gasteiger partial charge is 0.379 e. The molecule has 1 aliphatic heterocycles. The van der Waals surface area contributed by atoms with E-state index in [4.69, 9.17) is 9.72 Å². The molecule has 0 aromatic carbocycles. The van der Waals surface area contributed by atoms with Gasteiger partial charge in [-0.15, -0.1) is 0 Å². The molecule has 2 aromatic rings. The van der Waals surface area contributed by atoms with Gasteiger partial charge in [0.25, 0.3) is 0 Å². The van der Waals surface area contributed by atoms with Crippen molar-refractivity contribution in [3.63, 3.8) is 0 Å². The van der Waals surface area contributed by atoms with Crippen LogP contribution < -0.4 is 0 Å². The van der Waals surface area contributed by atoms with Gasteiger partial charge in [0.05, 0.1) is 24.5 Å². The number of imidazole rings is 1. The summed E-state index contributed by atoms with van der Waals surface area (Å²) >= 11 is 0. The van der Waals surface area contributed by atoms with Crippen LogP contribution in [-0.4, -0.2) is 51.3 Å². The van der Waals surface area contributed by atoms with E-state index < -0.39 is 11.7 Å². The number of ether oxygens (including phenoxy) is 1. The second kappa shape index (κ2) is 7.29. The molecule has 2 aromatic heterocycles. The maximum atomic E-state index is 13.4. The van der Waals surface area contributed by atoms with Gasteiger partial charge in [0, 0.05) is 54.2 Å². The molecule has 0 amide bonds. The SMILES string of the molecule is Cc1ncc(-c2cn([C@H]3[C@@H]4CC(N5CCOC[C@@H]5C)C[C@@H]43)c(C3CC3)n2)cc1C(F)(F)F. The van der Waals surface area contributed by atoms with Crippen LogP contribution in [0.1, 0.15) is 61.6 Å². The van der Waals surface area contributed by atoms with Gasteiger partial charge < -0.3 is 9.30 Å². The third kappa shape index (κ3) is 3.46. The summed E-state index contributed by atoms with van der Waals surface area (Å²) in [5.41, 5.74) is 0.397. The largest absolute Gasteiger partial charge is 0.418 e. The van der Waals surface area contributed by atoms with Crippen molar-refractivity contribution in [1.82, 2.24) is 19.4 Å². The first-order valence-corrected chi connectivity index (χ1v) is 11.8. The monoisotopic (exact) mass is 446 g/mol. The lowest BCUT2D eigenvalue weighted by Gasteiger charge is -2.38. The van der Waals surface area contributed by atoms with E-state index in [9.17, 15) is 13.2 Å². The second-order valence-electron chi connectivity index (χ2n) is 10.1. The fraction of sp³-hybridized carbons (Fsp3) is 0.667. The first kappa shape index (κ1) is 20.7. The van der Waals surface area contributed by atoms with E-state index >= 15 is 0 Å². The number of aromatic nitrogens is 3. The molecule has 5 atom stereocenters. The third-order valence-corrected chi connectivity index (χ3v) is 7.98. The van der Waals surface area contributed by atoms with Crippen LogP contribution in [0.5, 0.6) is 0 Å². The average molecular weight is 447 g/mol. The zero-order valence-electron chi connectivity index (χ0n) is 18.5. The Morgan fingerprint density at radius 1 is 1.16 bits per heavy atom. The first-order chi connectivity index (χ1) is 15.3. The second-order valence-corrected chi connectivity index (χ2v) is 10.1. The summed E-state index contributed by atoms with van der Waals surface area (Å²) < 4.78 is 48.1. The van der Waals surface area contributed by atoms with Crippen molar-refractivity contribution in [3.8, 4) is 11.3 Å². The number of fused-ring (bicyclic) bond motifs is 1. The minimum atomic E-state index is -4.41. The first-order valence-electron chi connectivity index (χ1n) is 11.8. The number of morpholine rings is 1. The molecule has 0 spiro atoms. The van der Waals surface area contributed by atoms with Crippen molar-refractivity contribution in [2.24, 2.45) is 11.8 Å². The van der Waals surface area contributed by atoms with Crippen LogP contribution in [0.15, 0.2) is 18.5 Å². The molecule has 1 unspecified atom stereocenters. The van der Waals surface area contributed by atoms with Crippen LogP contribution in [0.4, 0.5) is 13.2 Å². The highest BCUT2D eigenvalue weighted by Gasteiger charge is 2.59. The van der Waals surface area contributed by atoms with Gasteiger partial charge in [-0.3, -0.25) is 9.88 Å². The molecule has 3 aliphatic carbocycles. The summed E-state index contributed by atoms with van der Waals surface area (Å²) in [7, 11) is 0. The number of halogens is 3. The minimum Gasteiger partial charge on any atom is -0.379 e. The van der Waals surface area contributed by atoms with E-state index in [-0.39, 0.29) is 5.69 Å². The van der Waals surface area contributed by atoms with Crippen molar-refractivity contribution in [2.75, 3.05) is 19.8 Å². The van der Waals surface area contributed by atoms with Crippen molar-refractivity contribution in [1.29, 1.82) is 0 Å². The highest BCUT2D eigenvalue weighted by molar-refractivity contribution is 5.59. The zero-order valence-corrected chi connectivity index (χ0v) is 18.5. The van der Waals surface area contributed by atoms with Crippen LogP contribution in [0.25, 0.3) is 11.3 Å². The highest BCUT2D eigenvalue weighted by Crippen LogP contribution is 2.63. The van der Waals surface area contributed by atoms with E-state index in [1.165, 1.54) is 32.0 Å². The molecule has 0 radical (unpaired) electrons. The number of aryl methyl sites for hydroxylation is 1. The normalized spacial score (nSPS) is 32.8. The van der Waals surface area contributed by atoms with Crippen LogP contribution >= 0.6 is 0 Å². The number of alkyl halides is 3. The van der Waals surface area contributed by atoms with Crippen LogP contribution in [0, 0.1) is 18.8 Å². The van der Waals surface area contributed by atoms with Crippen molar-refractivity contribution in [2.45, 2.75) is 69.8 Å². The Morgan fingerprint density at radius 3 is 2.56 bits per heavy atom. The van der Waals surface area contributed by atoms with Gasteiger partial charge in [0.2, 0.25) is 0 Å². The molecule has 32 heavy (non-hydrogen) atoms. The number of nitrogens with zero attached hydrogens (tertiary/aromatic N) is 4. The van der Waals surface area contributed by atoms with E-state index in [0.29, 0.717) is 47.1 Å². The highest BCUT2D eigenvalue weighted by atomic mass is 19.4.